The number of nitrogens with zero attached hydrogens (tertiary/aromatic N) is 1. The zero-order valence-electron chi connectivity index (χ0n) is 13.6. The minimum absolute atomic E-state index is 0.00567. The predicted octanol–water partition coefficient (Wildman–Crippen LogP) is 1.94. The molecule has 1 aromatic carbocycles. The molecule has 0 atom stereocenters. The molecule has 0 radical (unpaired) electrons. The third kappa shape index (κ3) is 3.53. The monoisotopic (exact) mass is 333 g/mol. The summed E-state index contributed by atoms with van der Waals surface area (Å²) >= 11 is 0. The summed E-state index contributed by atoms with van der Waals surface area (Å²) in [5, 5.41) is 9.68. The molecule has 2 fully saturated rings. The molecule has 24 heavy (non-hydrogen) atoms. The highest BCUT2D eigenvalue weighted by molar-refractivity contribution is 5.81. The van der Waals surface area contributed by atoms with Crippen LogP contribution < -0.4 is 4.74 Å². The summed E-state index contributed by atoms with van der Waals surface area (Å²) in [7, 11) is 0. The lowest BCUT2D eigenvalue weighted by atomic mass is 9.89. The summed E-state index contributed by atoms with van der Waals surface area (Å²) < 4.78 is 11.1. The van der Waals surface area contributed by atoms with Crippen molar-refractivity contribution >= 4 is 11.9 Å². The van der Waals surface area contributed by atoms with Crippen LogP contribution in [0.15, 0.2) is 30.3 Å². The van der Waals surface area contributed by atoms with Gasteiger partial charge in [0, 0.05) is 45.1 Å². The first-order chi connectivity index (χ1) is 11.6. The summed E-state index contributed by atoms with van der Waals surface area (Å²) in [5.74, 6) is -0.295. The van der Waals surface area contributed by atoms with Crippen LogP contribution in [-0.2, 0) is 14.3 Å². The molecule has 1 aromatic rings. The molecule has 0 aromatic heterocycles. The minimum Gasteiger partial charge on any atom is -0.478 e. The molecule has 2 aliphatic rings. The number of rotatable bonds is 4. The van der Waals surface area contributed by atoms with Gasteiger partial charge in [0.2, 0.25) is 11.5 Å². The minimum atomic E-state index is -1.26. The molecule has 6 nitrogen and oxygen atoms in total. The molecule has 0 spiro atoms. The van der Waals surface area contributed by atoms with Gasteiger partial charge in [-0.3, -0.25) is 4.79 Å². The fourth-order valence-corrected chi connectivity index (χ4v) is 3.36. The highest BCUT2D eigenvalue weighted by Gasteiger charge is 2.45. The van der Waals surface area contributed by atoms with E-state index in [-0.39, 0.29) is 11.8 Å². The fraction of sp³-hybridized carbons (Fsp3) is 0.556. The van der Waals surface area contributed by atoms with Crippen LogP contribution in [0.5, 0.6) is 5.75 Å². The molecule has 2 aliphatic heterocycles. The first-order valence-electron chi connectivity index (χ1n) is 8.45. The van der Waals surface area contributed by atoms with E-state index in [1.54, 1.807) is 17.0 Å². The van der Waals surface area contributed by atoms with Gasteiger partial charge in [0.1, 0.15) is 5.75 Å². The Hall–Kier alpha value is -2.08. The van der Waals surface area contributed by atoms with E-state index in [0.717, 1.165) is 12.8 Å². The first-order valence-corrected chi connectivity index (χ1v) is 8.45. The molecule has 1 amide bonds. The third-order valence-electron chi connectivity index (χ3n) is 4.90. The molecule has 6 heteroatoms. The van der Waals surface area contributed by atoms with Crippen LogP contribution in [0.3, 0.4) is 0 Å². The van der Waals surface area contributed by atoms with Crippen molar-refractivity contribution in [3.05, 3.63) is 30.3 Å². The van der Waals surface area contributed by atoms with Crippen LogP contribution in [0.1, 0.15) is 25.7 Å². The fourth-order valence-electron chi connectivity index (χ4n) is 3.36. The van der Waals surface area contributed by atoms with E-state index in [1.165, 1.54) is 0 Å². The number of amides is 1. The Morgan fingerprint density at radius 3 is 2.33 bits per heavy atom. The summed E-state index contributed by atoms with van der Waals surface area (Å²) in [6, 6.07) is 8.99. The summed E-state index contributed by atoms with van der Waals surface area (Å²) in [6.45, 7) is 2.07. The Kier molecular flexibility index (Phi) is 5.04. The lowest BCUT2D eigenvalue weighted by Crippen LogP contribution is -2.55. The lowest BCUT2D eigenvalue weighted by Gasteiger charge is -2.40. The van der Waals surface area contributed by atoms with Gasteiger partial charge in [-0.1, -0.05) is 18.2 Å². The van der Waals surface area contributed by atoms with Crippen molar-refractivity contribution in [2.24, 2.45) is 5.92 Å². The van der Waals surface area contributed by atoms with E-state index in [0.29, 0.717) is 44.9 Å². The molecule has 1 N–H and O–H groups in total. The first kappa shape index (κ1) is 16.8. The molecule has 0 bridgehead atoms. The van der Waals surface area contributed by atoms with Gasteiger partial charge < -0.3 is 19.5 Å². The predicted molar refractivity (Wildman–Crippen MR) is 86.8 cm³/mol. The average Bonchev–Trinajstić information content (AvgIpc) is 2.63. The second-order valence-electron chi connectivity index (χ2n) is 6.43. The largest absolute Gasteiger partial charge is 0.478 e. The van der Waals surface area contributed by atoms with Crippen molar-refractivity contribution in [1.82, 2.24) is 4.90 Å². The molecule has 0 aliphatic carbocycles. The van der Waals surface area contributed by atoms with Crippen LogP contribution in [-0.4, -0.2) is 53.8 Å². The maximum atomic E-state index is 12.6. The van der Waals surface area contributed by atoms with E-state index in [4.69, 9.17) is 9.47 Å². The molecule has 2 saturated heterocycles. The summed E-state index contributed by atoms with van der Waals surface area (Å²) in [4.78, 5) is 26.2. The van der Waals surface area contributed by atoms with Crippen LogP contribution >= 0.6 is 0 Å². The number of aliphatic carboxylic acids is 1. The number of carbonyl (C=O) groups excluding carboxylic acids is 1. The molecule has 0 saturated carbocycles. The smallest absolute Gasteiger partial charge is 0.348 e. The number of benzene rings is 1. The van der Waals surface area contributed by atoms with Crippen LogP contribution in [0.2, 0.25) is 0 Å². The van der Waals surface area contributed by atoms with E-state index >= 15 is 0 Å². The van der Waals surface area contributed by atoms with Crippen molar-refractivity contribution < 1.29 is 24.2 Å². The number of hydrogen-bond acceptors (Lipinski definition) is 4. The van der Waals surface area contributed by atoms with Crippen molar-refractivity contribution in [3.63, 3.8) is 0 Å². The standard InChI is InChI=1S/C18H23NO5/c20-16(14-6-12-23-13-7-14)19-10-8-18(9-11-19,17(21)22)24-15-4-2-1-3-5-15/h1-5,14H,6-13H2,(H,21,22). The molecular weight excluding hydrogens is 310 g/mol. The van der Waals surface area contributed by atoms with Crippen LogP contribution in [0.25, 0.3) is 0 Å². The zero-order chi connectivity index (χ0) is 17.0. The quantitative estimate of drug-likeness (QED) is 0.911. The molecule has 130 valence electrons. The van der Waals surface area contributed by atoms with Gasteiger partial charge in [-0.05, 0) is 25.0 Å². The van der Waals surface area contributed by atoms with Gasteiger partial charge in [-0.25, -0.2) is 4.79 Å². The molecule has 2 heterocycles. The Morgan fingerprint density at radius 2 is 1.75 bits per heavy atom. The van der Waals surface area contributed by atoms with Crippen molar-refractivity contribution in [3.8, 4) is 5.75 Å². The van der Waals surface area contributed by atoms with Crippen molar-refractivity contribution in [2.75, 3.05) is 26.3 Å². The van der Waals surface area contributed by atoms with E-state index < -0.39 is 11.6 Å². The molecule has 3 rings (SSSR count). The topological polar surface area (TPSA) is 76.1 Å². The Balaban J connectivity index is 1.64. The van der Waals surface area contributed by atoms with E-state index in [2.05, 4.69) is 0 Å². The Bertz CT molecular complexity index is 574. The Labute approximate surface area is 141 Å². The number of piperidine rings is 1. The number of ether oxygens (including phenoxy) is 2. The maximum absolute atomic E-state index is 12.6. The zero-order valence-corrected chi connectivity index (χ0v) is 13.6. The van der Waals surface area contributed by atoms with Crippen molar-refractivity contribution in [2.45, 2.75) is 31.3 Å². The summed E-state index contributed by atoms with van der Waals surface area (Å²) in [5.41, 5.74) is -1.26. The van der Waals surface area contributed by atoms with E-state index in [9.17, 15) is 14.7 Å². The maximum Gasteiger partial charge on any atom is 0.348 e. The van der Waals surface area contributed by atoms with Gasteiger partial charge >= 0.3 is 5.97 Å². The highest BCUT2D eigenvalue weighted by Crippen LogP contribution is 2.30. The number of likely N-dealkylation sites (tertiary alicyclic amines) is 1. The average molecular weight is 333 g/mol. The number of carbonyl (C=O) groups is 2. The summed E-state index contributed by atoms with van der Waals surface area (Å²) in [6.07, 6.45) is 2.10. The number of para-hydroxylation sites is 1. The van der Waals surface area contributed by atoms with Gasteiger partial charge in [0.15, 0.2) is 0 Å². The second kappa shape index (κ2) is 7.21. The normalized spacial score (nSPS) is 21.2. The molecule has 0 unspecified atom stereocenters. The van der Waals surface area contributed by atoms with Gasteiger partial charge in [-0.15, -0.1) is 0 Å². The van der Waals surface area contributed by atoms with Gasteiger partial charge in [0.05, 0.1) is 0 Å². The van der Waals surface area contributed by atoms with Crippen molar-refractivity contribution in [1.29, 1.82) is 0 Å². The molecular formula is C18H23NO5. The SMILES string of the molecule is O=C(C1CCOCC1)N1CCC(Oc2ccccc2)(C(=O)O)CC1. The van der Waals surface area contributed by atoms with Gasteiger partial charge in [0.25, 0.3) is 0 Å². The second-order valence-corrected chi connectivity index (χ2v) is 6.43. The van der Waals surface area contributed by atoms with Crippen LogP contribution in [0.4, 0.5) is 0 Å². The number of carboxylic acids is 1. The van der Waals surface area contributed by atoms with E-state index in [1.807, 2.05) is 18.2 Å². The van der Waals surface area contributed by atoms with Gasteiger partial charge in [-0.2, -0.15) is 0 Å². The highest BCUT2D eigenvalue weighted by atomic mass is 16.5. The lowest BCUT2D eigenvalue weighted by molar-refractivity contribution is -0.162. The Morgan fingerprint density at radius 1 is 1.12 bits per heavy atom. The number of carboxylic acid groups (broad SMARTS) is 1. The van der Waals surface area contributed by atoms with Crippen LogP contribution in [0, 0.1) is 5.92 Å². The number of hydrogen-bond donors (Lipinski definition) is 1. The third-order valence-corrected chi connectivity index (χ3v) is 4.90.